The van der Waals surface area contributed by atoms with Crippen LogP contribution in [-0.2, 0) is 11.3 Å². The van der Waals surface area contributed by atoms with Crippen LogP contribution in [0.25, 0.3) is 10.2 Å². The number of nitrogens with one attached hydrogen (secondary N) is 1. The minimum Gasteiger partial charge on any atom is -0.379 e. The lowest BCUT2D eigenvalue weighted by Crippen LogP contribution is -2.43. The number of benzene rings is 1. The summed E-state index contributed by atoms with van der Waals surface area (Å²) in [5, 5.41) is 5.20. The van der Waals surface area contributed by atoms with Crippen molar-refractivity contribution in [3.8, 4) is 0 Å². The number of fused-ring (bicyclic) bond motifs is 1. The number of ether oxygens (including phenoxy) is 1. The maximum absolute atomic E-state index is 5.47. The van der Waals surface area contributed by atoms with Crippen molar-refractivity contribution in [2.24, 2.45) is 0 Å². The van der Waals surface area contributed by atoms with Crippen LogP contribution in [0.5, 0.6) is 0 Å². The minimum atomic E-state index is 0.739. The highest BCUT2D eigenvalue weighted by molar-refractivity contribution is 7.80. The molecule has 0 unspecified atom stereocenters. The Morgan fingerprint density at radius 3 is 2.96 bits per heavy atom. The summed E-state index contributed by atoms with van der Waals surface area (Å²) in [6.45, 7) is 6.29. The third-order valence-corrected chi connectivity index (χ3v) is 5.34. The molecule has 1 N–H and O–H groups in total. The van der Waals surface area contributed by atoms with Crippen LogP contribution in [0.2, 0.25) is 0 Å². The van der Waals surface area contributed by atoms with Gasteiger partial charge in [0.15, 0.2) is 5.11 Å². The predicted molar refractivity (Wildman–Crippen MR) is 98.9 cm³/mol. The monoisotopic (exact) mass is 350 g/mol. The van der Waals surface area contributed by atoms with Gasteiger partial charge < -0.3 is 15.0 Å². The Balaban J connectivity index is 1.45. The second kappa shape index (κ2) is 8.01. The molecule has 3 rings (SSSR count). The van der Waals surface area contributed by atoms with Gasteiger partial charge in [-0.3, -0.25) is 4.90 Å². The molecule has 0 amide bonds. The van der Waals surface area contributed by atoms with E-state index in [-0.39, 0.29) is 0 Å². The molecule has 124 valence electrons. The second-order valence-electron chi connectivity index (χ2n) is 5.62. The summed E-state index contributed by atoms with van der Waals surface area (Å²) in [6, 6.07) is 8.23. The number of aromatic nitrogens is 1. The molecule has 0 aliphatic carbocycles. The van der Waals surface area contributed by atoms with Gasteiger partial charge in [0.2, 0.25) is 0 Å². The van der Waals surface area contributed by atoms with Crippen LogP contribution in [-0.4, -0.2) is 66.3 Å². The molecule has 0 saturated carbocycles. The summed E-state index contributed by atoms with van der Waals surface area (Å²) < 4.78 is 6.58. The number of hydrogen-bond donors (Lipinski definition) is 1. The Labute approximate surface area is 146 Å². The average Bonchev–Trinajstić information content (AvgIpc) is 2.98. The first-order valence-electron chi connectivity index (χ1n) is 7.86. The molecule has 1 aromatic heterocycles. The van der Waals surface area contributed by atoms with Crippen LogP contribution in [0.4, 0.5) is 0 Å². The molecule has 2 heterocycles. The summed E-state index contributed by atoms with van der Waals surface area (Å²) >= 11 is 7.20. The van der Waals surface area contributed by atoms with Gasteiger partial charge in [0.25, 0.3) is 0 Å². The number of para-hydroxylation sites is 1. The highest BCUT2D eigenvalue weighted by Gasteiger charge is 2.11. The molecule has 0 radical (unpaired) electrons. The van der Waals surface area contributed by atoms with Gasteiger partial charge in [0, 0.05) is 33.2 Å². The summed E-state index contributed by atoms with van der Waals surface area (Å²) in [7, 11) is 2.01. The fourth-order valence-electron chi connectivity index (χ4n) is 2.54. The van der Waals surface area contributed by atoms with Crippen molar-refractivity contribution in [3.63, 3.8) is 0 Å². The molecule has 1 aromatic carbocycles. The predicted octanol–water partition coefficient (Wildman–Crippen LogP) is 1.93. The first-order chi connectivity index (χ1) is 11.2. The van der Waals surface area contributed by atoms with E-state index < -0.39 is 0 Å². The first kappa shape index (κ1) is 16.6. The van der Waals surface area contributed by atoms with Gasteiger partial charge in [0.1, 0.15) is 5.01 Å². The number of thiazole rings is 1. The third kappa shape index (κ3) is 4.60. The standard InChI is InChI=1S/C16H22N4OS2/c1-19(12-15-18-13-4-2-3-5-14(13)23-15)16(22)17-6-7-20-8-10-21-11-9-20/h2-5H,6-12H2,1H3,(H,17,22). The zero-order valence-corrected chi connectivity index (χ0v) is 15.0. The molecule has 7 heteroatoms. The van der Waals surface area contributed by atoms with Crippen molar-refractivity contribution in [2.75, 3.05) is 46.4 Å². The normalized spacial score (nSPS) is 15.7. The summed E-state index contributed by atoms with van der Waals surface area (Å²) in [5.41, 5.74) is 1.06. The van der Waals surface area contributed by atoms with Gasteiger partial charge in [-0.05, 0) is 24.4 Å². The summed E-state index contributed by atoms with van der Waals surface area (Å²) in [6.07, 6.45) is 0. The topological polar surface area (TPSA) is 40.6 Å². The van der Waals surface area contributed by atoms with E-state index in [4.69, 9.17) is 17.0 Å². The molecular formula is C16H22N4OS2. The molecular weight excluding hydrogens is 328 g/mol. The quantitative estimate of drug-likeness (QED) is 0.831. The molecule has 0 atom stereocenters. The van der Waals surface area contributed by atoms with Gasteiger partial charge in [0.05, 0.1) is 30.0 Å². The Bertz CT molecular complexity index is 621. The van der Waals surface area contributed by atoms with E-state index in [1.54, 1.807) is 11.3 Å². The lowest BCUT2D eigenvalue weighted by atomic mass is 10.3. The van der Waals surface area contributed by atoms with Crippen molar-refractivity contribution in [3.05, 3.63) is 29.3 Å². The van der Waals surface area contributed by atoms with Gasteiger partial charge in [-0.15, -0.1) is 11.3 Å². The highest BCUT2D eigenvalue weighted by Crippen LogP contribution is 2.22. The van der Waals surface area contributed by atoms with Crippen molar-refractivity contribution in [1.29, 1.82) is 0 Å². The van der Waals surface area contributed by atoms with E-state index in [9.17, 15) is 0 Å². The number of nitrogens with zero attached hydrogens (tertiary/aromatic N) is 3. The molecule has 23 heavy (non-hydrogen) atoms. The Morgan fingerprint density at radius 2 is 2.17 bits per heavy atom. The van der Waals surface area contributed by atoms with Crippen LogP contribution in [0.1, 0.15) is 5.01 Å². The van der Waals surface area contributed by atoms with Gasteiger partial charge in [-0.2, -0.15) is 0 Å². The lowest BCUT2D eigenvalue weighted by Gasteiger charge is -2.27. The van der Waals surface area contributed by atoms with Crippen LogP contribution in [0, 0.1) is 0 Å². The number of rotatable bonds is 5. The molecule has 0 spiro atoms. The second-order valence-corrected chi connectivity index (χ2v) is 7.12. The number of hydrogen-bond acceptors (Lipinski definition) is 5. The zero-order chi connectivity index (χ0) is 16.1. The van der Waals surface area contributed by atoms with Crippen molar-refractivity contribution >= 4 is 38.9 Å². The Hall–Kier alpha value is -1.28. The molecule has 2 aromatic rings. The van der Waals surface area contributed by atoms with Gasteiger partial charge in [-0.25, -0.2) is 4.98 Å². The van der Waals surface area contributed by atoms with E-state index in [1.165, 1.54) is 4.70 Å². The van der Waals surface area contributed by atoms with Crippen LogP contribution >= 0.6 is 23.6 Å². The third-order valence-electron chi connectivity index (χ3n) is 3.87. The van der Waals surface area contributed by atoms with Crippen molar-refractivity contribution in [1.82, 2.24) is 20.1 Å². The average molecular weight is 351 g/mol. The molecule has 5 nitrogen and oxygen atoms in total. The minimum absolute atomic E-state index is 0.739. The smallest absolute Gasteiger partial charge is 0.169 e. The largest absolute Gasteiger partial charge is 0.379 e. The molecule has 0 bridgehead atoms. The van der Waals surface area contributed by atoms with E-state index in [0.29, 0.717) is 0 Å². The van der Waals surface area contributed by atoms with E-state index in [0.717, 1.165) is 61.6 Å². The molecule has 1 aliphatic heterocycles. The molecule has 1 aliphatic rings. The maximum Gasteiger partial charge on any atom is 0.169 e. The first-order valence-corrected chi connectivity index (χ1v) is 9.08. The molecule has 1 saturated heterocycles. The fraction of sp³-hybridized carbons (Fsp3) is 0.500. The van der Waals surface area contributed by atoms with E-state index in [1.807, 2.05) is 30.1 Å². The number of morpholine rings is 1. The van der Waals surface area contributed by atoms with Crippen LogP contribution in [0.15, 0.2) is 24.3 Å². The summed E-state index contributed by atoms with van der Waals surface area (Å²) in [5.74, 6) is 0. The van der Waals surface area contributed by atoms with Gasteiger partial charge >= 0.3 is 0 Å². The molecule has 1 fully saturated rings. The van der Waals surface area contributed by atoms with Crippen LogP contribution < -0.4 is 5.32 Å². The SMILES string of the molecule is CN(Cc1nc2ccccc2s1)C(=S)NCCN1CCOCC1. The highest BCUT2D eigenvalue weighted by atomic mass is 32.1. The fourth-order valence-corrected chi connectivity index (χ4v) is 3.73. The van der Waals surface area contributed by atoms with E-state index in [2.05, 4.69) is 21.3 Å². The van der Waals surface area contributed by atoms with E-state index >= 15 is 0 Å². The van der Waals surface area contributed by atoms with Crippen molar-refractivity contribution in [2.45, 2.75) is 6.54 Å². The maximum atomic E-state index is 5.47. The summed E-state index contributed by atoms with van der Waals surface area (Å²) in [4.78, 5) is 9.10. The number of thiocarbonyl (C=S) groups is 1. The van der Waals surface area contributed by atoms with Gasteiger partial charge in [-0.1, -0.05) is 12.1 Å². The lowest BCUT2D eigenvalue weighted by molar-refractivity contribution is 0.0389. The zero-order valence-electron chi connectivity index (χ0n) is 13.3. The Morgan fingerprint density at radius 1 is 1.39 bits per heavy atom. The van der Waals surface area contributed by atoms with Crippen molar-refractivity contribution < 1.29 is 4.74 Å². The van der Waals surface area contributed by atoms with Crippen LogP contribution in [0.3, 0.4) is 0 Å². The Kier molecular flexibility index (Phi) is 5.77.